The van der Waals surface area contributed by atoms with Gasteiger partial charge in [-0.25, -0.2) is 0 Å². The van der Waals surface area contributed by atoms with Gasteiger partial charge >= 0.3 is 0 Å². The number of nitrogens with one attached hydrogen (secondary N) is 1. The van der Waals surface area contributed by atoms with Crippen molar-refractivity contribution in [2.45, 2.75) is 52.0 Å². The monoisotopic (exact) mass is 243 g/mol. The van der Waals surface area contributed by atoms with Crippen LogP contribution in [0.1, 0.15) is 43.4 Å². The number of hydrogen-bond acceptors (Lipinski definition) is 1. The maximum Gasteiger partial charge on any atom is 0.0138 e. The van der Waals surface area contributed by atoms with Gasteiger partial charge in [-0.3, -0.25) is 0 Å². The Balaban J connectivity index is 1.70. The molecule has 18 heavy (non-hydrogen) atoms. The molecule has 1 aromatic carbocycles. The Morgan fingerprint density at radius 1 is 1.28 bits per heavy atom. The Labute approximate surface area is 111 Å². The van der Waals surface area contributed by atoms with Gasteiger partial charge in [0, 0.05) is 6.04 Å². The predicted octanol–water partition coefficient (Wildman–Crippen LogP) is 3.35. The van der Waals surface area contributed by atoms with Crippen molar-refractivity contribution in [2.75, 3.05) is 6.54 Å². The number of benzene rings is 1. The van der Waals surface area contributed by atoms with Gasteiger partial charge in [-0.15, -0.1) is 0 Å². The second-order valence-corrected chi connectivity index (χ2v) is 6.20. The first-order valence-electron chi connectivity index (χ1n) is 7.62. The van der Waals surface area contributed by atoms with Crippen molar-refractivity contribution in [3.05, 3.63) is 34.9 Å². The first kappa shape index (κ1) is 12.2. The zero-order chi connectivity index (χ0) is 12.5. The fourth-order valence-corrected chi connectivity index (χ4v) is 3.55. The Bertz CT molecular complexity index is 424. The summed E-state index contributed by atoms with van der Waals surface area (Å²) in [7, 11) is 0. The molecule has 1 aromatic rings. The quantitative estimate of drug-likeness (QED) is 0.836. The van der Waals surface area contributed by atoms with E-state index in [0.29, 0.717) is 6.04 Å². The molecule has 0 aliphatic heterocycles. The van der Waals surface area contributed by atoms with Crippen LogP contribution in [0.5, 0.6) is 0 Å². The van der Waals surface area contributed by atoms with Crippen LogP contribution < -0.4 is 5.32 Å². The first-order chi connectivity index (χ1) is 8.78. The van der Waals surface area contributed by atoms with Crippen molar-refractivity contribution in [3.8, 4) is 0 Å². The minimum absolute atomic E-state index is 0.699. The lowest BCUT2D eigenvalue weighted by Gasteiger charge is -2.18. The van der Waals surface area contributed by atoms with Crippen LogP contribution in [-0.2, 0) is 19.3 Å². The van der Waals surface area contributed by atoms with Crippen LogP contribution in [0.25, 0.3) is 0 Å². The maximum absolute atomic E-state index is 3.69. The van der Waals surface area contributed by atoms with E-state index in [0.717, 1.165) is 18.4 Å². The summed E-state index contributed by atoms with van der Waals surface area (Å²) in [5, 5.41) is 3.69. The third-order valence-electron chi connectivity index (χ3n) is 4.77. The molecule has 3 rings (SSSR count). The Kier molecular flexibility index (Phi) is 3.43. The van der Waals surface area contributed by atoms with Crippen LogP contribution in [0.4, 0.5) is 0 Å². The van der Waals surface area contributed by atoms with Crippen molar-refractivity contribution < 1.29 is 0 Å². The molecule has 98 valence electrons. The topological polar surface area (TPSA) is 12.0 Å². The molecule has 2 aliphatic rings. The molecule has 1 nitrogen and oxygen atoms in total. The summed E-state index contributed by atoms with van der Waals surface area (Å²) in [5.41, 5.74) is 4.76. The maximum atomic E-state index is 3.69. The Hall–Kier alpha value is -0.820. The predicted molar refractivity (Wildman–Crippen MR) is 76.9 cm³/mol. The number of likely N-dealkylation sites (N-methyl/N-ethyl adjacent to an activating group) is 1. The van der Waals surface area contributed by atoms with E-state index in [2.05, 4.69) is 37.4 Å². The molecule has 1 fully saturated rings. The number of rotatable bonds is 5. The molecule has 0 saturated heterocycles. The highest BCUT2D eigenvalue weighted by molar-refractivity contribution is 5.35. The summed E-state index contributed by atoms with van der Waals surface area (Å²) in [6.07, 6.45) is 6.59. The molecular formula is C17H25N. The van der Waals surface area contributed by atoms with Crippen LogP contribution in [0.3, 0.4) is 0 Å². The lowest BCUT2D eigenvalue weighted by Crippen LogP contribution is -2.33. The van der Waals surface area contributed by atoms with Crippen LogP contribution in [0, 0.1) is 11.8 Å². The summed E-state index contributed by atoms with van der Waals surface area (Å²) >= 11 is 0. The van der Waals surface area contributed by atoms with Crippen molar-refractivity contribution >= 4 is 0 Å². The van der Waals surface area contributed by atoms with Crippen LogP contribution in [0.15, 0.2) is 18.2 Å². The average Bonchev–Trinajstić information content (AvgIpc) is 2.90. The third-order valence-corrected chi connectivity index (χ3v) is 4.77. The molecule has 0 spiro atoms. The van der Waals surface area contributed by atoms with Gasteiger partial charge in [0.15, 0.2) is 0 Å². The number of fused-ring (bicyclic) bond motifs is 1. The van der Waals surface area contributed by atoms with Gasteiger partial charge in [0.05, 0.1) is 0 Å². The van der Waals surface area contributed by atoms with Crippen molar-refractivity contribution in [3.63, 3.8) is 0 Å². The third kappa shape index (κ3) is 2.47. The average molecular weight is 243 g/mol. The second kappa shape index (κ2) is 5.05. The summed E-state index contributed by atoms with van der Waals surface area (Å²) in [5.74, 6) is 1.85. The molecule has 0 amide bonds. The Morgan fingerprint density at radius 2 is 2.06 bits per heavy atom. The zero-order valence-corrected chi connectivity index (χ0v) is 11.7. The van der Waals surface area contributed by atoms with Gasteiger partial charge in [0.25, 0.3) is 0 Å². The van der Waals surface area contributed by atoms with E-state index in [-0.39, 0.29) is 0 Å². The van der Waals surface area contributed by atoms with Crippen LogP contribution >= 0.6 is 0 Å². The van der Waals surface area contributed by atoms with Gasteiger partial charge in [0.2, 0.25) is 0 Å². The van der Waals surface area contributed by atoms with E-state index >= 15 is 0 Å². The highest BCUT2D eigenvalue weighted by atomic mass is 14.9. The Morgan fingerprint density at radius 3 is 2.78 bits per heavy atom. The summed E-state index contributed by atoms with van der Waals surface area (Å²) in [4.78, 5) is 0. The molecule has 0 aromatic heterocycles. The SMILES string of the molecule is CCNC(Cc1ccc2c(c1)CCC2)C1CC1C. The lowest BCUT2D eigenvalue weighted by molar-refractivity contribution is 0.454. The van der Waals surface area contributed by atoms with Gasteiger partial charge in [-0.1, -0.05) is 32.0 Å². The van der Waals surface area contributed by atoms with Crippen LogP contribution in [-0.4, -0.2) is 12.6 Å². The number of aryl methyl sites for hydroxylation is 2. The van der Waals surface area contributed by atoms with Crippen molar-refractivity contribution in [2.24, 2.45) is 11.8 Å². The fourth-order valence-electron chi connectivity index (χ4n) is 3.55. The molecule has 2 aliphatic carbocycles. The molecule has 1 N–H and O–H groups in total. The number of hydrogen-bond donors (Lipinski definition) is 1. The summed E-state index contributed by atoms with van der Waals surface area (Å²) in [6.45, 7) is 5.71. The fraction of sp³-hybridized carbons (Fsp3) is 0.647. The highest BCUT2D eigenvalue weighted by Crippen LogP contribution is 2.41. The summed E-state index contributed by atoms with van der Waals surface area (Å²) < 4.78 is 0. The van der Waals surface area contributed by atoms with E-state index in [1.54, 1.807) is 16.7 Å². The van der Waals surface area contributed by atoms with Gasteiger partial charge in [-0.05, 0) is 67.2 Å². The summed E-state index contributed by atoms with van der Waals surface area (Å²) in [6, 6.07) is 7.91. The minimum Gasteiger partial charge on any atom is -0.314 e. The standard InChI is InChI=1S/C17H25N/c1-3-18-17(16-9-12(16)2)11-13-7-8-14-5-4-6-15(14)10-13/h7-8,10,12,16-18H,3-6,9,11H2,1-2H3. The van der Waals surface area contributed by atoms with Crippen LogP contribution in [0.2, 0.25) is 0 Å². The van der Waals surface area contributed by atoms with Gasteiger partial charge < -0.3 is 5.32 Å². The van der Waals surface area contributed by atoms with Crippen molar-refractivity contribution in [1.29, 1.82) is 0 Å². The molecule has 1 saturated carbocycles. The van der Waals surface area contributed by atoms with E-state index in [1.807, 2.05) is 0 Å². The molecule has 3 atom stereocenters. The molecule has 3 unspecified atom stereocenters. The van der Waals surface area contributed by atoms with E-state index in [4.69, 9.17) is 0 Å². The van der Waals surface area contributed by atoms with Gasteiger partial charge in [-0.2, -0.15) is 0 Å². The normalized spacial score (nSPS) is 27.0. The first-order valence-corrected chi connectivity index (χ1v) is 7.62. The van der Waals surface area contributed by atoms with E-state index < -0.39 is 0 Å². The second-order valence-electron chi connectivity index (χ2n) is 6.20. The minimum atomic E-state index is 0.699. The molecular weight excluding hydrogens is 218 g/mol. The largest absolute Gasteiger partial charge is 0.314 e. The lowest BCUT2D eigenvalue weighted by atomic mass is 9.98. The van der Waals surface area contributed by atoms with Gasteiger partial charge in [0.1, 0.15) is 0 Å². The molecule has 1 heteroatoms. The highest BCUT2D eigenvalue weighted by Gasteiger charge is 2.38. The smallest absolute Gasteiger partial charge is 0.0138 e. The van der Waals surface area contributed by atoms with E-state index in [1.165, 1.54) is 32.1 Å². The zero-order valence-electron chi connectivity index (χ0n) is 11.7. The van der Waals surface area contributed by atoms with Crippen molar-refractivity contribution in [1.82, 2.24) is 5.32 Å². The molecule has 0 heterocycles. The molecule has 0 radical (unpaired) electrons. The van der Waals surface area contributed by atoms with E-state index in [9.17, 15) is 0 Å². The molecule has 0 bridgehead atoms.